The lowest BCUT2D eigenvalue weighted by Gasteiger charge is -1.79. The van der Waals surface area contributed by atoms with E-state index in [4.69, 9.17) is 23.2 Å². The largest absolute Gasteiger partial charge is 0.468 e. The van der Waals surface area contributed by atoms with Gasteiger partial charge >= 0.3 is 0 Å². The predicted octanol–water partition coefficient (Wildman–Crippen LogP) is 3.44. The van der Waals surface area contributed by atoms with Crippen molar-refractivity contribution in [3.05, 3.63) is 0 Å². The first kappa shape index (κ1) is 22.2. The van der Waals surface area contributed by atoms with Crippen molar-refractivity contribution in [3.63, 3.8) is 0 Å². The first-order valence-corrected chi connectivity index (χ1v) is 7.93. The maximum Gasteiger partial charge on any atom is 0.293 e. The monoisotopic (exact) mass is 402 g/mol. The number of carbonyl (C=O) groups excluding carboxylic acids is 1. The van der Waals surface area contributed by atoms with Crippen molar-refractivity contribution in [2.45, 2.75) is 6.92 Å². The minimum Gasteiger partial charge on any atom is -0.468 e. The standard InChI is InChI=1S/C3H6O2.C2H4Br2.C2H4Cl2.C2H4O/c1-2-5-3-4;2*3-1-2-4;1-2-3-1/h3H,2H2,1H3;2*1-2H2;1-2H2. The number of carbonyl (C=O) groups is 1. The summed E-state index contributed by atoms with van der Waals surface area (Å²) in [7, 11) is 0. The molecule has 1 fully saturated rings. The Morgan fingerprint density at radius 3 is 1.62 bits per heavy atom. The Hall–Kier alpha value is 0.970. The van der Waals surface area contributed by atoms with Crippen LogP contribution in [0, 0.1) is 0 Å². The fourth-order valence-corrected chi connectivity index (χ4v) is 0.0680. The molecular weight excluding hydrogens is 387 g/mol. The maximum absolute atomic E-state index is 9.18. The second-order valence-electron chi connectivity index (χ2n) is 1.92. The van der Waals surface area contributed by atoms with E-state index in [0.29, 0.717) is 24.8 Å². The van der Waals surface area contributed by atoms with Gasteiger partial charge in [0, 0.05) is 22.4 Å². The van der Waals surface area contributed by atoms with Gasteiger partial charge in [0.15, 0.2) is 0 Å². The van der Waals surface area contributed by atoms with Crippen LogP contribution in [0.4, 0.5) is 0 Å². The summed E-state index contributed by atoms with van der Waals surface area (Å²) in [4.78, 5) is 9.18. The van der Waals surface area contributed by atoms with Crippen molar-refractivity contribution in [1.29, 1.82) is 0 Å². The van der Waals surface area contributed by atoms with Crippen molar-refractivity contribution < 1.29 is 14.3 Å². The van der Waals surface area contributed by atoms with E-state index in [1.165, 1.54) is 0 Å². The van der Waals surface area contributed by atoms with E-state index in [0.717, 1.165) is 23.9 Å². The normalized spacial score (nSPS) is 10.3. The molecule has 0 aromatic carbocycles. The SMILES string of the molecule is BrCCBr.C1CO1.CCOC=O.ClCCCl. The van der Waals surface area contributed by atoms with E-state index in [1.807, 2.05) is 0 Å². The second kappa shape index (κ2) is 29.7. The summed E-state index contributed by atoms with van der Waals surface area (Å²) >= 11 is 16.5. The molecule has 0 aromatic rings. The fourth-order valence-electron chi connectivity index (χ4n) is 0.0680. The minimum atomic E-state index is 0.431. The van der Waals surface area contributed by atoms with Crippen LogP contribution in [-0.4, -0.2) is 48.7 Å². The highest BCUT2D eigenvalue weighted by molar-refractivity contribution is 9.11. The molecule has 0 unspecified atom stereocenters. The molecule has 0 aliphatic carbocycles. The van der Waals surface area contributed by atoms with Crippen LogP contribution in [0.5, 0.6) is 0 Å². The van der Waals surface area contributed by atoms with Gasteiger partial charge in [-0.05, 0) is 6.92 Å². The van der Waals surface area contributed by atoms with Gasteiger partial charge in [0.25, 0.3) is 6.47 Å². The van der Waals surface area contributed by atoms with Crippen molar-refractivity contribution >= 4 is 61.5 Å². The molecule has 0 amide bonds. The fraction of sp³-hybridized carbons (Fsp3) is 0.889. The number of epoxide rings is 1. The Balaban J connectivity index is -0.000000142. The smallest absolute Gasteiger partial charge is 0.293 e. The first-order valence-electron chi connectivity index (χ1n) is 4.61. The van der Waals surface area contributed by atoms with E-state index in [9.17, 15) is 4.79 Å². The van der Waals surface area contributed by atoms with Gasteiger partial charge < -0.3 is 9.47 Å². The Kier molecular flexibility index (Phi) is 41.2. The van der Waals surface area contributed by atoms with E-state index < -0.39 is 0 Å². The predicted molar refractivity (Wildman–Crippen MR) is 77.5 cm³/mol. The zero-order valence-electron chi connectivity index (χ0n) is 9.26. The molecule has 0 spiro atoms. The molecule has 0 atom stereocenters. The van der Waals surface area contributed by atoms with Gasteiger partial charge in [0.1, 0.15) is 0 Å². The topological polar surface area (TPSA) is 38.8 Å². The summed E-state index contributed by atoms with van der Waals surface area (Å²) in [5.41, 5.74) is 0. The summed E-state index contributed by atoms with van der Waals surface area (Å²) in [6.45, 7) is 4.66. The molecule has 0 aromatic heterocycles. The van der Waals surface area contributed by atoms with Gasteiger partial charge in [-0.1, -0.05) is 31.9 Å². The Labute approximate surface area is 124 Å². The van der Waals surface area contributed by atoms with Crippen LogP contribution in [0.3, 0.4) is 0 Å². The van der Waals surface area contributed by atoms with Gasteiger partial charge in [-0.2, -0.15) is 0 Å². The molecule has 100 valence electrons. The highest BCUT2D eigenvalue weighted by Gasteiger charge is 1.94. The molecule has 0 saturated carbocycles. The number of ether oxygens (including phenoxy) is 2. The highest BCUT2D eigenvalue weighted by Crippen LogP contribution is 1.84. The molecule has 1 rings (SSSR count). The van der Waals surface area contributed by atoms with Crippen LogP contribution in [0.1, 0.15) is 6.92 Å². The van der Waals surface area contributed by atoms with Crippen LogP contribution < -0.4 is 0 Å². The van der Waals surface area contributed by atoms with Crippen molar-refractivity contribution in [3.8, 4) is 0 Å². The molecule has 1 aliphatic heterocycles. The molecule has 16 heavy (non-hydrogen) atoms. The van der Waals surface area contributed by atoms with Crippen molar-refractivity contribution in [1.82, 2.24) is 0 Å². The third-order valence-corrected chi connectivity index (χ3v) is 3.01. The van der Waals surface area contributed by atoms with Crippen molar-refractivity contribution in [2.75, 3.05) is 42.2 Å². The molecule has 0 N–H and O–H groups in total. The average Bonchev–Trinajstić information content (AvgIpc) is 3.18. The lowest BCUT2D eigenvalue weighted by molar-refractivity contribution is -0.128. The molecule has 1 aliphatic rings. The lowest BCUT2D eigenvalue weighted by atomic mass is 10.9. The van der Waals surface area contributed by atoms with Gasteiger partial charge in [-0.15, -0.1) is 23.2 Å². The van der Waals surface area contributed by atoms with E-state index in [-0.39, 0.29) is 0 Å². The Morgan fingerprint density at radius 2 is 1.62 bits per heavy atom. The molecule has 3 nitrogen and oxygen atoms in total. The van der Waals surface area contributed by atoms with Crippen molar-refractivity contribution in [2.24, 2.45) is 0 Å². The highest BCUT2D eigenvalue weighted by atomic mass is 79.9. The van der Waals surface area contributed by atoms with E-state index >= 15 is 0 Å². The van der Waals surface area contributed by atoms with E-state index in [2.05, 4.69) is 41.3 Å². The molecule has 1 heterocycles. The molecule has 7 heteroatoms. The van der Waals surface area contributed by atoms with Gasteiger partial charge in [-0.25, -0.2) is 0 Å². The molecule has 1 saturated heterocycles. The minimum absolute atomic E-state index is 0.431. The van der Waals surface area contributed by atoms with Crippen LogP contribution >= 0.6 is 55.1 Å². The number of halogens is 4. The van der Waals surface area contributed by atoms with Gasteiger partial charge in [0.2, 0.25) is 0 Å². The van der Waals surface area contributed by atoms with Gasteiger partial charge in [-0.3, -0.25) is 4.79 Å². The van der Waals surface area contributed by atoms with Crippen LogP contribution in [0.15, 0.2) is 0 Å². The summed E-state index contributed by atoms with van der Waals surface area (Å²) in [5, 5.41) is 2.10. The van der Waals surface area contributed by atoms with Crippen LogP contribution in [0.2, 0.25) is 0 Å². The Morgan fingerprint density at radius 1 is 1.25 bits per heavy atom. The first-order chi connectivity index (χ1) is 7.74. The lowest BCUT2D eigenvalue weighted by Crippen LogP contribution is -1.80. The van der Waals surface area contributed by atoms with Gasteiger partial charge in [0.05, 0.1) is 19.8 Å². The second-order valence-corrected chi connectivity index (χ2v) is 4.26. The van der Waals surface area contributed by atoms with Crippen LogP contribution in [0.25, 0.3) is 0 Å². The summed E-state index contributed by atoms with van der Waals surface area (Å²) in [6.07, 6.45) is 0. The molecule has 0 bridgehead atoms. The number of hydrogen-bond acceptors (Lipinski definition) is 3. The quantitative estimate of drug-likeness (QED) is 0.409. The molecule has 0 radical (unpaired) electrons. The third kappa shape index (κ3) is 82.0. The zero-order chi connectivity index (χ0) is 13.1. The number of hydrogen-bond donors (Lipinski definition) is 0. The maximum atomic E-state index is 9.18. The summed E-state index contributed by atoms with van der Waals surface area (Å²) < 4.78 is 8.65. The summed E-state index contributed by atoms with van der Waals surface area (Å²) in [6, 6.07) is 0. The number of rotatable bonds is 4. The van der Waals surface area contributed by atoms with E-state index in [1.54, 1.807) is 6.92 Å². The Bertz CT molecular complexity index is 98.0. The third-order valence-electron chi connectivity index (χ3n) is 0.582. The number of alkyl halides is 4. The van der Waals surface area contributed by atoms with Crippen LogP contribution in [-0.2, 0) is 14.3 Å². The summed E-state index contributed by atoms with van der Waals surface area (Å²) in [5.74, 6) is 1.11. The average molecular weight is 405 g/mol. The molecular formula is C9H18Br2Cl2O3. The zero-order valence-corrected chi connectivity index (χ0v) is 13.9.